The molecule has 0 aliphatic rings. The van der Waals surface area contributed by atoms with Crippen LogP contribution in [0.2, 0.25) is 0 Å². The second-order valence-corrected chi connectivity index (χ2v) is 6.46. The van der Waals surface area contributed by atoms with E-state index in [0.717, 1.165) is 10.9 Å². The van der Waals surface area contributed by atoms with Crippen LogP contribution in [0.5, 0.6) is 0 Å². The number of aromatic nitrogens is 2. The monoisotopic (exact) mass is 226 g/mol. The van der Waals surface area contributed by atoms with E-state index in [0.29, 0.717) is 5.92 Å². The highest BCUT2D eigenvalue weighted by Gasteiger charge is 2.18. The molecule has 15 heavy (non-hydrogen) atoms. The van der Waals surface area contributed by atoms with Crippen LogP contribution in [-0.2, 0) is 12.5 Å². The highest BCUT2D eigenvalue weighted by atomic mass is 32.2. The van der Waals surface area contributed by atoms with Gasteiger partial charge in [0.15, 0.2) is 5.16 Å². The SMILES string of the molecule is CC(C)CSc1nc(C(C)(C)C)cn1C. The molecule has 1 aromatic heterocycles. The molecule has 0 aliphatic heterocycles. The molecule has 0 saturated carbocycles. The molecule has 1 rings (SSSR count). The van der Waals surface area contributed by atoms with Crippen LogP contribution < -0.4 is 0 Å². The van der Waals surface area contributed by atoms with Crippen LogP contribution in [-0.4, -0.2) is 15.3 Å². The summed E-state index contributed by atoms with van der Waals surface area (Å²) in [6.45, 7) is 11.1. The van der Waals surface area contributed by atoms with Gasteiger partial charge in [-0.25, -0.2) is 4.98 Å². The van der Waals surface area contributed by atoms with Gasteiger partial charge in [-0.2, -0.15) is 0 Å². The number of hydrogen-bond acceptors (Lipinski definition) is 2. The maximum Gasteiger partial charge on any atom is 0.167 e. The van der Waals surface area contributed by atoms with E-state index >= 15 is 0 Å². The molecule has 0 aromatic carbocycles. The lowest BCUT2D eigenvalue weighted by molar-refractivity contribution is 0.569. The van der Waals surface area contributed by atoms with Gasteiger partial charge >= 0.3 is 0 Å². The summed E-state index contributed by atoms with van der Waals surface area (Å²) < 4.78 is 2.13. The summed E-state index contributed by atoms with van der Waals surface area (Å²) in [6.07, 6.45) is 2.14. The Balaban J connectivity index is 2.78. The lowest BCUT2D eigenvalue weighted by Crippen LogP contribution is -2.11. The fraction of sp³-hybridized carbons (Fsp3) is 0.750. The predicted octanol–water partition coefficient (Wildman–Crippen LogP) is 3.47. The molecule has 0 atom stereocenters. The zero-order chi connectivity index (χ0) is 11.6. The van der Waals surface area contributed by atoms with Gasteiger partial charge in [-0.05, 0) is 5.92 Å². The lowest BCUT2D eigenvalue weighted by Gasteiger charge is -2.13. The first-order chi connectivity index (χ1) is 6.80. The van der Waals surface area contributed by atoms with Crippen LogP contribution in [0.25, 0.3) is 0 Å². The number of rotatable bonds is 3. The molecule has 0 N–H and O–H groups in total. The van der Waals surface area contributed by atoms with Crippen LogP contribution in [0, 0.1) is 5.92 Å². The summed E-state index contributed by atoms with van der Waals surface area (Å²) in [5.74, 6) is 1.85. The molecule has 0 amide bonds. The Labute approximate surface area is 97.5 Å². The second kappa shape index (κ2) is 4.60. The van der Waals surface area contributed by atoms with Crippen molar-refractivity contribution in [2.24, 2.45) is 13.0 Å². The average Bonchev–Trinajstić information content (AvgIpc) is 2.42. The highest BCUT2D eigenvalue weighted by Crippen LogP contribution is 2.25. The zero-order valence-corrected chi connectivity index (χ0v) is 11.5. The fourth-order valence-corrected chi connectivity index (χ4v) is 2.09. The van der Waals surface area contributed by atoms with Crippen LogP contribution in [0.4, 0.5) is 0 Å². The average molecular weight is 226 g/mol. The standard InChI is InChI=1S/C12H22N2S/c1-9(2)8-15-11-13-10(7-14(11)6)12(3,4)5/h7,9H,8H2,1-6H3. The fourth-order valence-electron chi connectivity index (χ4n) is 1.19. The van der Waals surface area contributed by atoms with Crippen molar-refractivity contribution in [3.63, 3.8) is 0 Å². The minimum absolute atomic E-state index is 0.147. The van der Waals surface area contributed by atoms with Crippen LogP contribution >= 0.6 is 11.8 Å². The summed E-state index contributed by atoms with van der Waals surface area (Å²) in [5.41, 5.74) is 1.32. The van der Waals surface area contributed by atoms with Crippen molar-refractivity contribution in [3.05, 3.63) is 11.9 Å². The molecule has 2 nitrogen and oxygen atoms in total. The van der Waals surface area contributed by atoms with Gasteiger partial charge in [-0.15, -0.1) is 0 Å². The highest BCUT2D eigenvalue weighted by molar-refractivity contribution is 7.99. The van der Waals surface area contributed by atoms with Crippen molar-refractivity contribution in [1.82, 2.24) is 9.55 Å². The van der Waals surface area contributed by atoms with Gasteiger partial charge in [-0.1, -0.05) is 46.4 Å². The van der Waals surface area contributed by atoms with Crippen molar-refractivity contribution in [1.29, 1.82) is 0 Å². The van der Waals surface area contributed by atoms with Gasteiger partial charge in [0.05, 0.1) is 5.69 Å². The third-order valence-electron chi connectivity index (χ3n) is 2.15. The molecule has 1 heterocycles. The zero-order valence-electron chi connectivity index (χ0n) is 10.7. The van der Waals surface area contributed by atoms with Crippen molar-refractivity contribution < 1.29 is 0 Å². The number of imidazole rings is 1. The topological polar surface area (TPSA) is 17.8 Å². The molecule has 3 heteroatoms. The Kier molecular flexibility index (Phi) is 3.87. The van der Waals surface area contributed by atoms with Crippen molar-refractivity contribution in [2.45, 2.75) is 45.2 Å². The van der Waals surface area contributed by atoms with E-state index in [1.807, 2.05) is 11.8 Å². The molecular weight excluding hydrogens is 204 g/mol. The van der Waals surface area contributed by atoms with E-state index in [9.17, 15) is 0 Å². The van der Waals surface area contributed by atoms with Crippen molar-refractivity contribution >= 4 is 11.8 Å². The minimum Gasteiger partial charge on any atom is -0.329 e. The summed E-state index contributed by atoms with van der Waals surface area (Å²) in [6, 6.07) is 0. The predicted molar refractivity (Wildman–Crippen MR) is 67.5 cm³/mol. The number of thioether (sulfide) groups is 1. The van der Waals surface area contributed by atoms with Crippen molar-refractivity contribution in [3.8, 4) is 0 Å². The van der Waals surface area contributed by atoms with Crippen LogP contribution in [0.15, 0.2) is 11.4 Å². The maximum absolute atomic E-state index is 4.68. The third kappa shape index (κ3) is 3.56. The Hall–Kier alpha value is -0.440. The third-order valence-corrected chi connectivity index (χ3v) is 3.62. The van der Waals surface area contributed by atoms with E-state index in [4.69, 9.17) is 0 Å². The molecule has 0 fully saturated rings. The summed E-state index contributed by atoms with van der Waals surface area (Å²) in [4.78, 5) is 4.68. The van der Waals surface area contributed by atoms with Gasteiger partial charge in [0.2, 0.25) is 0 Å². The largest absolute Gasteiger partial charge is 0.329 e. The lowest BCUT2D eigenvalue weighted by atomic mass is 9.93. The second-order valence-electron chi connectivity index (χ2n) is 5.47. The Bertz CT molecular complexity index is 321. The first-order valence-electron chi connectivity index (χ1n) is 5.47. The number of aryl methyl sites for hydroxylation is 1. The van der Waals surface area contributed by atoms with E-state index < -0.39 is 0 Å². The maximum atomic E-state index is 4.68. The Morgan fingerprint density at radius 2 is 2.00 bits per heavy atom. The van der Waals surface area contributed by atoms with E-state index in [-0.39, 0.29) is 5.41 Å². The number of nitrogens with zero attached hydrogens (tertiary/aromatic N) is 2. The van der Waals surface area contributed by atoms with Crippen LogP contribution in [0.1, 0.15) is 40.3 Å². The molecular formula is C12H22N2S. The molecule has 0 bridgehead atoms. The first kappa shape index (κ1) is 12.6. The van der Waals surface area contributed by atoms with Gasteiger partial charge in [-0.3, -0.25) is 0 Å². The molecule has 0 saturated heterocycles. The molecule has 0 spiro atoms. The summed E-state index contributed by atoms with van der Waals surface area (Å²) in [7, 11) is 2.07. The Morgan fingerprint density at radius 1 is 1.40 bits per heavy atom. The molecule has 0 aliphatic carbocycles. The van der Waals surface area contributed by atoms with E-state index in [1.165, 1.54) is 5.69 Å². The quantitative estimate of drug-likeness (QED) is 0.735. The molecule has 0 unspecified atom stereocenters. The summed E-state index contributed by atoms with van der Waals surface area (Å²) in [5, 5.41) is 1.13. The molecule has 1 aromatic rings. The smallest absolute Gasteiger partial charge is 0.167 e. The molecule has 0 radical (unpaired) electrons. The van der Waals surface area contributed by atoms with Gasteiger partial charge in [0.25, 0.3) is 0 Å². The summed E-state index contributed by atoms with van der Waals surface area (Å²) >= 11 is 1.84. The van der Waals surface area contributed by atoms with E-state index in [2.05, 4.69) is 57.4 Å². The minimum atomic E-state index is 0.147. The van der Waals surface area contributed by atoms with Gasteiger partial charge in [0, 0.05) is 24.4 Å². The van der Waals surface area contributed by atoms with Gasteiger partial charge < -0.3 is 4.57 Å². The van der Waals surface area contributed by atoms with Crippen LogP contribution in [0.3, 0.4) is 0 Å². The first-order valence-corrected chi connectivity index (χ1v) is 6.46. The van der Waals surface area contributed by atoms with Crippen molar-refractivity contribution in [2.75, 3.05) is 5.75 Å². The normalized spacial score (nSPS) is 12.5. The molecule has 86 valence electrons. The van der Waals surface area contributed by atoms with E-state index in [1.54, 1.807) is 0 Å². The number of hydrogen-bond donors (Lipinski definition) is 0. The van der Waals surface area contributed by atoms with Gasteiger partial charge in [0.1, 0.15) is 0 Å². The Morgan fingerprint density at radius 3 is 2.40 bits per heavy atom.